The molecule has 2 aliphatic rings. The Hall–Kier alpha value is -0.810. The molecule has 2 rings (SSSR count). The molecule has 2 atom stereocenters. The number of carbonyl (C=O) groups is 1. The molecule has 0 spiro atoms. The number of nitrogens with zero attached hydrogens (tertiary/aromatic N) is 1. The molecular formula is C6H10N2O3. The van der Waals surface area contributed by atoms with Gasteiger partial charge in [-0.05, 0) is 6.42 Å². The monoisotopic (exact) mass is 158 g/mol. The number of rotatable bonds is 0. The molecule has 0 bridgehead atoms. The van der Waals surface area contributed by atoms with Crippen LogP contribution in [0, 0.1) is 5.92 Å². The number of carboxylic acid groups (broad SMARTS) is 1. The van der Waals surface area contributed by atoms with Gasteiger partial charge in [-0.2, -0.15) is 5.48 Å². The fourth-order valence-electron chi connectivity index (χ4n) is 1.64. The van der Waals surface area contributed by atoms with Crippen LogP contribution in [0.1, 0.15) is 6.42 Å². The molecule has 0 aromatic rings. The Morgan fingerprint density at radius 1 is 1.73 bits per heavy atom. The summed E-state index contributed by atoms with van der Waals surface area (Å²) in [7, 11) is 0. The van der Waals surface area contributed by atoms with Gasteiger partial charge in [-0.15, -0.1) is 0 Å². The van der Waals surface area contributed by atoms with Crippen LogP contribution in [0.3, 0.4) is 0 Å². The van der Waals surface area contributed by atoms with Crippen LogP contribution >= 0.6 is 0 Å². The Labute approximate surface area is 63.9 Å². The molecule has 2 heterocycles. The topological polar surface area (TPSA) is 61.8 Å². The van der Waals surface area contributed by atoms with E-state index >= 15 is 0 Å². The van der Waals surface area contributed by atoms with Crippen LogP contribution in [0.15, 0.2) is 0 Å². The van der Waals surface area contributed by atoms with Gasteiger partial charge in [0, 0.05) is 19.0 Å². The Kier molecular flexibility index (Phi) is 1.47. The summed E-state index contributed by atoms with van der Waals surface area (Å²) >= 11 is 0. The van der Waals surface area contributed by atoms with E-state index in [1.54, 1.807) is 0 Å². The van der Waals surface area contributed by atoms with Gasteiger partial charge in [0.2, 0.25) is 0 Å². The van der Waals surface area contributed by atoms with Gasteiger partial charge in [-0.25, -0.2) is 4.79 Å². The SMILES string of the molecule is O=C(O)N1CCC2CNOC21. The van der Waals surface area contributed by atoms with Gasteiger partial charge >= 0.3 is 6.09 Å². The van der Waals surface area contributed by atoms with E-state index < -0.39 is 6.09 Å². The van der Waals surface area contributed by atoms with E-state index in [2.05, 4.69) is 5.48 Å². The maximum absolute atomic E-state index is 10.6. The van der Waals surface area contributed by atoms with Crippen LogP contribution in [-0.2, 0) is 4.84 Å². The lowest BCUT2D eigenvalue weighted by molar-refractivity contribution is -0.0442. The molecule has 2 unspecified atom stereocenters. The third-order valence-corrected chi connectivity index (χ3v) is 2.25. The van der Waals surface area contributed by atoms with E-state index in [-0.39, 0.29) is 6.23 Å². The molecule has 1 amide bonds. The molecule has 2 aliphatic heterocycles. The highest BCUT2D eigenvalue weighted by Gasteiger charge is 2.41. The maximum Gasteiger partial charge on any atom is 0.409 e. The van der Waals surface area contributed by atoms with Gasteiger partial charge < -0.3 is 5.11 Å². The van der Waals surface area contributed by atoms with E-state index in [0.29, 0.717) is 12.5 Å². The predicted molar refractivity (Wildman–Crippen MR) is 35.7 cm³/mol. The number of hydrogen-bond acceptors (Lipinski definition) is 3. The Morgan fingerprint density at radius 3 is 3.27 bits per heavy atom. The summed E-state index contributed by atoms with van der Waals surface area (Å²) in [5.41, 5.74) is 2.70. The second kappa shape index (κ2) is 2.35. The van der Waals surface area contributed by atoms with Crippen molar-refractivity contribution in [2.45, 2.75) is 12.6 Å². The van der Waals surface area contributed by atoms with Crippen molar-refractivity contribution in [1.29, 1.82) is 0 Å². The predicted octanol–water partition coefficient (Wildman–Crippen LogP) is -0.153. The summed E-state index contributed by atoms with van der Waals surface area (Å²) in [4.78, 5) is 16.9. The van der Waals surface area contributed by atoms with Crippen molar-refractivity contribution in [2.24, 2.45) is 5.92 Å². The second-order valence-electron chi connectivity index (χ2n) is 2.88. The van der Waals surface area contributed by atoms with Crippen LogP contribution in [0.4, 0.5) is 4.79 Å². The molecule has 0 radical (unpaired) electrons. The van der Waals surface area contributed by atoms with Crippen LogP contribution in [0.2, 0.25) is 0 Å². The summed E-state index contributed by atoms with van der Waals surface area (Å²) < 4.78 is 0. The molecule has 0 aliphatic carbocycles. The number of hydroxylamine groups is 1. The molecule has 2 N–H and O–H groups in total. The third-order valence-electron chi connectivity index (χ3n) is 2.25. The zero-order valence-corrected chi connectivity index (χ0v) is 5.99. The molecule has 11 heavy (non-hydrogen) atoms. The van der Waals surface area contributed by atoms with Gasteiger partial charge in [0.25, 0.3) is 0 Å². The summed E-state index contributed by atoms with van der Waals surface area (Å²) in [6.07, 6.45) is -0.224. The van der Waals surface area contributed by atoms with Crippen molar-refractivity contribution in [3.63, 3.8) is 0 Å². The van der Waals surface area contributed by atoms with E-state index in [0.717, 1.165) is 13.0 Å². The van der Waals surface area contributed by atoms with E-state index in [1.807, 2.05) is 0 Å². The van der Waals surface area contributed by atoms with Crippen molar-refractivity contribution < 1.29 is 14.7 Å². The summed E-state index contributed by atoms with van der Waals surface area (Å²) in [5.74, 6) is 0.353. The van der Waals surface area contributed by atoms with Gasteiger partial charge in [-0.1, -0.05) is 0 Å². The molecule has 0 aromatic carbocycles. The van der Waals surface area contributed by atoms with Crippen molar-refractivity contribution >= 4 is 6.09 Å². The molecule has 0 saturated carbocycles. The molecule has 0 aromatic heterocycles. The minimum Gasteiger partial charge on any atom is -0.465 e. The number of amides is 1. The fourth-order valence-corrected chi connectivity index (χ4v) is 1.64. The summed E-state index contributed by atoms with van der Waals surface area (Å²) in [5, 5.41) is 8.68. The zero-order valence-electron chi connectivity index (χ0n) is 5.99. The standard InChI is InChI=1S/C6H10N2O3/c9-6(10)8-2-1-4-3-7-11-5(4)8/h4-5,7H,1-3H2,(H,9,10). The average Bonchev–Trinajstić information content (AvgIpc) is 2.41. The minimum atomic E-state index is -0.888. The first-order valence-corrected chi connectivity index (χ1v) is 3.67. The second-order valence-corrected chi connectivity index (χ2v) is 2.88. The number of fused-ring (bicyclic) bond motifs is 1. The normalized spacial score (nSPS) is 35.8. The smallest absolute Gasteiger partial charge is 0.409 e. The van der Waals surface area contributed by atoms with Crippen molar-refractivity contribution in [2.75, 3.05) is 13.1 Å². The quantitative estimate of drug-likeness (QED) is 0.514. The summed E-state index contributed by atoms with van der Waals surface area (Å²) in [6.45, 7) is 1.38. The van der Waals surface area contributed by atoms with Gasteiger partial charge in [0.15, 0.2) is 6.23 Å². The van der Waals surface area contributed by atoms with E-state index in [1.165, 1.54) is 4.90 Å². The fraction of sp³-hybridized carbons (Fsp3) is 0.833. The third kappa shape index (κ3) is 0.965. The first-order valence-electron chi connectivity index (χ1n) is 3.67. The van der Waals surface area contributed by atoms with Crippen LogP contribution in [-0.4, -0.2) is 35.4 Å². The van der Waals surface area contributed by atoms with Crippen LogP contribution < -0.4 is 5.48 Å². The van der Waals surface area contributed by atoms with E-state index in [9.17, 15) is 4.79 Å². The lowest BCUT2D eigenvalue weighted by Gasteiger charge is -2.17. The van der Waals surface area contributed by atoms with Gasteiger partial charge in [0.1, 0.15) is 0 Å². The van der Waals surface area contributed by atoms with Crippen LogP contribution in [0.5, 0.6) is 0 Å². The highest BCUT2D eigenvalue weighted by atomic mass is 16.7. The van der Waals surface area contributed by atoms with Crippen molar-refractivity contribution in [1.82, 2.24) is 10.4 Å². The largest absolute Gasteiger partial charge is 0.465 e. The van der Waals surface area contributed by atoms with E-state index in [4.69, 9.17) is 9.94 Å². The molecule has 2 saturated heterocycles. The Balaban J connectivity index is 2.08. The number of nitrogens with one attached hydrogen (secondary N) is 1. The molecule has 5 nitrogen and oxygen atoms in total. The first-order chi connectivity index (χ1) is 5.29. The van der Waals surface area contributed by atoms with Crippen LogP contribution in [0.25, 0.3) is 0 Å². The highest BCUT2D eigenvalue weighted by Crippen LogP contribution is 2.27. The molecule has 2 fully saturated rings. The number of hydrogen-bond donors (Lipinski definition) is 2. The molecular weight excluding hydrogens is 148 g/mol. The molecule has 5 heteroatoms. The average molecular weight is 158 g/mol. The zero-order chi connectivity index (χ0) is 7.84. The van der Waals surface area contributed by atoms with Crippen molar-refractivity contribution in [3.05, 3.63) is 0 Å². The minimum absolute atomic E-state index is 0.243. The Bertz CT molecular complexity index is 185. The Morgan fingerprint density at radius 2 is 2.55 bits per heavy atom. The van der Waals surface area contributed by atoms with Gasteiger partial charge in [-0.3, -0.25) is 9.74 Å². The molecule has 62 valence electrons. The first kappa shape index (κ1) is 6.87. The lowest BCUT2D eigenvalue weighted by Crippen LogP contribution is -2.36. The lowest BCUT2D eigenvalue weighted by atomic mass is 10.1. The maximum atomic E-state index is 10.6. The van der Waals surface area contributed by atoms with Gasteiger partial charge in [0.05, 0.1) is 0 Å². The summed E-state index contributed by atoms with van der Waals surface area (Å²) in [6, 6.07) is 0. The number of likely N-dealkylation sites (tertiary alicyclic amines) is 1. The van der Waals surface area contributed by atoms with Crippen molar-refractivity contribution in [3.8, 4) is 0 Å². The highest BCUT2D eigenvalue weighted by molar-refractivity contribution is 5.65.